The summed E-state index contributed by atoms with van der Waals surface area (Å²) in [5.41, 5.74) is 0.612. The van der Waals surface area contributed by atoms with Crippen LogP contribution in [-0.4, -0.2) is 24.9 Å². The molecule has 0 aliphatic carbocycles. The first kappa shape index (κ1) is 13.2. The molecule has 0 spiro atoms. The summed E-state index contributed by atoms with van der Waals surface area (Å²) in [5, 5.41) is 5.46. The number of carbonyl (C=O) groups excluding carboxylic acids is 2. The van der Waals surface area contributed by atoms with Gasteiger partial charge < -0.3 is 10.6 Å². The summed E-state index contributed by atoms with van der Waals surface area (Å²) in [7, 11) is 0. The number of nitrogens with one attached hydrogen (secondary N) is 2. The highest BCUT2D eigenvalue weighted by Gasteiger charge is 2.05. The minimum atomic E-state index is -0.145. The van der Waals surface area contributed by atoms with Gasteiger partial charge in [-0.1, -0.05) is 25.1 Å². The van der Waals surface area contributed by atoms with Gasteiger partial charge in [0.2, 0.25) is 5.91 Å². The van der Waals surface area contributed by atoms with Crippen molar-refractivity contribution in [1.29, 1.82) is 0 Å². The monoisotopic (exact) mass is 234 g/mol. The molecule has 0 bridgehead atoms. The summed E-state index contributed by atoms with van der Waals surface area (Å²) in [6.07, 6.45) is 1.24. The number of benzene rings is 1. The van der Waals surface area contributed by atoms with Crippen LogP contribution in [0, 0.1) is 0 Å². The van der Waals surface area contributed by atoms with Crippen molar-refractivity contribution in [3.05, 3.63) is 35.9 Å². The third kappa shape index (κ3) is 5.15. The summed E-state index contributed by atoms with van der Waals surface area (Å²) in [6.45, 7) is 3.05. The van der Waals surface area contributed by atoms with Crippen LogP contribution in [-0.2, 0) is 4.79 Å². The number of carbonyl (C=O) groups is 2. The fraction of sp³-hybridized carbons (Fsp3) is 0.385. The molecule has 2 amide bonds. The van der Waals surface area contributed by atoms with E-state index >= 15 is 0 Å². The predicted octanol–water partition coefficient (Wildman–Crippen LogP) is 1.33. The van der Waals surface area contributed by atoms with Crippen LogP contribution in [0.2, 0.25) is 0 Å². The molecule has 1 aromatic rings. The summed E-state index contributed by atoms with van der Waals surface area (Å²) in [5.74, 6) is -0.172. The minimum Gasteiger partial charge on any atom is -0.356 e. The first-order valence-corrected chi connectivity index (χ1v) is 5.84. The molecule has 0 aromatic heterocycles. The van der Waals surface area contributed by atoms with Crippen LogP contribution in [0.5, 0.6) is 0 Å². The van der Waals surface area contributed by atoms with Gasteiger partial charge in [-0.15, -0.1) is 0 Å². The Kier molecular flexibility index (Phi) is 5.79. The average Bonchev–Trinajstić information content (AvgIpc) is 2.37. The number of hydrogen-bond donors (Lipinski definition) is 2. The largest absolute Gasteiger partial charge is 0.356 e. The Morgan fingerprint density at radius 2 is 1.76 bits per heavy atom. The summed E-state index contributed by atoms with van der Waals surface area (Å²) >= 11 is 0. The molecule has 0 aliphatic heterocycles. The zero-order chi connectivity index (χ0) is 12.5. The second kappa shape index (κ2) is 7.44. The molecule has 0 saturated carbocycles. The third-order valence-corrected chi connectivity index (χ3v) is 2.25. The molecule has 0 unspecified atom stereocenters. The Morgan fingerprint density at radius 3 is 2.41 bits per heavy atom. The molecule has 0 heterocycles. The Labute approximate surface area is 101 Å². The van der Waals surface area contributed by atoms with Crippen LogP contribution in [0.15, 0.2) is 30.3 Å². The number of hydrogen-bond acceptors (Lipinski definition) is 2. The molecule has 17 heavy (non-hydrogen) atoms. The smallest absolute Gasteiger partial charge is 0.251 e. The maximum absolute atomic E-state index is 11.6. The molecular weight excluding hydrogens is 216 g/mol. The lowest BCUT2D eigenvalue weighted by Crippen LogP contribution is -2.31. The van der Waals surface area contributed by atoms with Crippen molar-refractivity contribution in [2.45, 2.75) is 19.8 Å². The Hall–Kier alpha value is -1.84. The first-order chi connectivity index (χ1) is 8.24. The van der Waals surface area contributed by atoms with Gasteiger partial charge in [0.25, 0.3) is 5.91 Å². The minimum absolute atomic E-state index is 0.0276. The van der Waals surface area contributed by atoms with Crippen LogP contribution in [0.3, 0.4) is 0 Å². The van der Waals surface area contributed by atoms with E-state index in [-0.39, 0.29) is 11.8 Å². The van der Waals surface area contributed by atoms with E-state index in [2.05, 4.69) is 10.6 Å². The fourth-order valence-corrected chi connectivity index (χ4v) is 1.33. The average molecular weight is 234 g/mol. The van der Waals surface area contributed by atoms with Crippen LogP contribution < -0.4 is 10.6 Å². The van der Waals surface area contributed by atoms with Crippen LogP contribution >= 0.6 is 0 Å². The highest BCUT2D eigenvalue weighted by atomic mass is 16.2. The summed E-state index contributed by atoms with van der Waals surface area (Å²) < 4.78 is 0. The van der Waals surface area contributed by atoms with Crippen molar-refractivity contribution >= 4 is 11.8 Å². The van der Waals surface area contributed by atoms with Crippen LogP contribution in [0.1, 0.15) is 30.1 Å². The standard InChI is InChI=1S/C13H18N2O2/c1-2-9-14-12(16)8-10-15-13(17)11-6-4-3-5-7-11/h3-7H,2,8-10H2,1H3,(H,14,16)(H,15,17). The van der Waals surface area contributed by atoms with Crippen molar-refractivity contribution in [1.82, 2.24) is 10.6 Å². The lowest BCUT2D eigenvalue weighted by atomic mass is 10.2. The molecule has 4 nitrogen and oxygen atoms in total. The molecule has 2 N–H and O–H groups in total. The van der Waals surface area contributed by atoms with Gasteiger partial charge in [-0.05, 0) is 18.6 Å². The van der Waals surface area contributed by atoms with Gasteiger partial charge in [-0.2, -0.15) is 0 Å². The van der Waals surface area contributed by atoms with E-state index in [0.717, 1.165) is 6.42 Å². The van der Waals surface area contributed by atoms with E-state index in [4.69, 9.17) is 0 Å². The zero-order valence-corrected chi connectivity index (χ0v) is 10.0. The molecule has 1 rings (SSSR count). The summed E-state index contributed by atoms with van der Waals surface area (Å²) in [4.78, 5) is 22.9. The molecule has 0 atom stereocenters. The van der Waals surface area contributed by atoms with Gasteiger partial charge in [0.05, 0.1) is 0 Å². The normalized spacial score (nSPS) is 9.71. The highest BCUT2D eigenvalue weighted by Crippen LogP contribution is 1.97. The van der Waals surface area contributed by atoms with Crippen LogP contribution in [0.4, 0.5) is 0 Å². The second-order valence-corrected chi connectivity index (χ2v) is 3.72. The number of amides is 2. The number of rotatable bonds is 6. The lowest BCUT2D eigenvalue weighted by molar-refractivity contribution is -0.120. The molecule has 4 heteroatoms. The zero-order valence-electron chi connectivity index (χ0n) is 10.0. The van der Waals surface area contributed by atoms with E-state index in [1.54, 1.807) is 12.1 Å². The summed E-state index contributed by atoms with van der Waals surface area (Å²) in [6, 6.07) is 8.96. The van der Waals surface area contributed by atoms with E-state index in [9.17, 15) is 9.59 Å². The van der Waals surface area contributed by atoms with E-state index in [1.807, 2.05) is 25.1 Å². The van der Waals surface area contributed by atoms with Crippen molar-refractivity contribution in [3.63, 3.8) is 0 Å². The fourth-order valence-electron chi connectivity index (χ4n) is 1.33. The molecule has 1 aromatic carbocycles. The van der Waals surface area contributed by atoms with Gasteiger partial charge in [-0.25, -0.2) is 0 Å². The third-order valence-electron chi connectivity index (χ3n) is 2.25. The molecule has 0 radical (unpaired) electrons. The Morgan fingerprint density at radius 1 is 1.06 bits per heavy atom. The Bertz CT molecular complexity index is 363. The van der Waals surface area contributed by atoms with Crippen molar-refractivity contribution < 1.29 is 9.59 Å². The first-order valence-electron chi connectivity index (χ1n) is 5.84. The molecule has 0 fully saturated rings. The van der Waals surface area contributed by atoms with Crippen molar-refractivity contribution in [3.8, 4) is 0 Å². The Balaban J connectivity index is 2.23. The van der Waals surface area contributed by atoms with E-state index in [0.29, 0.717) is 25.1 Å². The molecule has 92 valence electrons. The maximum atomic E-state index is 11.6. The van der Waals surface area contributed by atoms with E-state index in [1.165, 1.54) is 0 Å². The second-order valence-electron chi connectivity index (χ2n) is 3.72. The molecule has 0 aliphatic rings. The quantitative estimate of drug-likeness (QED) is 0.780. The van der Waals surface area contributed by atoms with Crippen molar-refractivity contribution in [2.75, 3.05) is 13.1 Å². The van der Waals surface area contributed by atoms with Gasteiger partial charge in [0, 0.05) is 25.1 Å². The van der Waals surface area contributed by atoms with E-state index < -0.39 is 0 Å². The molecule has 0 saturated heterocycles. The lowest BCUT2D eigenvalue weighted by Gasteiger charge is -2.05. The van der Waals surface area contributed by atoms with Gasteiger partial charge >= 0.3 is 0 Å². The van der Waals surface area contributed by atoms with Gasteiger partial charge in [0.1, 0.15) is 0 Å². The van der Waals surface area contributed by atoms with Crippen LogP contribution in [0.25, 0.3) is 0 Å². The predicted molar refractivity (Wildman–Crippen MR) is 66.7 cm³/mol. The SMILES string of the molecule is CCCNC(=O)CCNC(=O)c1ccccc1. The van der Waals surface area contributed by atoms with Gasteiger partial charge in [-0.3, -0.25) is 9.59 Å². The van der Waals surface area contributed by atoms with Gasteiger partial charge in [0.15, 0.2) is 0 Å². The molecular formula is C13H18N2O2. The van der Waals surface area contributed by atoms with Crippen molar-refractivity contribution in [2.24, 2.45) is 0 Å². The topological polar surface area (TPSA) is 58.2 Å². The maximum Gasteiger partial charge on any atom is 0.251 e. The highest BCUT2D eigenvalue weighted by molar-refractivity contribution is 5.94.